The third-order valence-corrected chi connectivity index (χ3v) is 4.61. The molecular weight excluding hydrogens is 242 g/mol. The average molecular weight is 267 g/mol. The van der Waals surface area contributed by atoms with Gasteiger partial charge >= 0.3 is 0 Å². The van der Waals surface area contributed by atoms with Crippen LogP contribution in [-0.4, -0.2) is 35.1 Å². The van der Waals surface area contributed by atoms with Crippen LogP contribution in [0.25, 0.3) is 0 Å². The number of hydrogen-bond donors (Lipinski definition) is 1. The Hall–Kier alpha value is -0.450. The first-order valence-corrected chi connectivity index (χ1v) is 7.87. The van der Waals surface area contributed by atoms with E-state index in [2.05, 4.69) is 48.3 Å². The van der Waals surface area contributed by atoms with E-state index in [0.717, 1.165) is 6.54 Å². The Morgan fingerprint density at radius 2 is 2.28 bits per heavy atom. The molecule has 0 saturated carbocycles. The molecule has 0 bridgehead atoms. The molecule has 0 aromatic carbocycles. The van der Waals surface area contributed by atoms with E-state index in [0.29, 0.717) is 18.1 Å². The third kappa shape index (κ3) is 3.31. The molecule has 2 unspecified atom stereocenters. The maximum atomic E-state index is 4.64. The molecule has 3 nitrogen and oxygen atoms in total. The van der Waals surface area contributed by atoms with Crippen LogP contribution in [-0.2, 0) is 0 Å². The molecule has 2 atom stereocenters. The first-order chi connectivity index (χ1) is 8.58. The van der Waals surface area contributed by atoms with Crippen LogP contribution >= 0.6 is 11.3 Å². The van der Waals surface area contributed by atoms with Crippen LogP contribution in [0.1, 0.15) is 50.4 Å². The molecule has 0 amide bonds. The predicted octanol–water partition coefficient (Wildman–Crippen LogP) is 2.97. The van der Waals surface area contributed by atoms with Gasteiger partial charge in [-0.25, -0.2) is 4.98 Å². The predicted molar refractivity (Wildman–Crippen MR) is 78.1 cm³/mol. The lowest BCUT2D eigenvalue weighted by Gasteiger charge is -2.34. The van der Waals surface area contributed by atoms with Gasteiger partial charge in [0.05, 0.1) is 16.7 Å². The molecule has 0 spiro atoms. The molecule has 1 aromatic heterocycles. The van der Waals surface area contributed by atoms with Crippen LogP contribution in [0.2, 0.25) is 0 Å². The minimum Gasteiger partial charge on any atom is -0.313 e. The average Bonchev–Trinajstić information content (AvgIpc) is 2.95. The summed E-state index contributed by atoms with van der Waals surface area (Å²) >= 11 is 1.75. The second-order valence-corrected chi connectivity index (χ2v) is 6.61. The normalized spacial score (nSPS) is 22.0. The molecule has 1 aromatic rings. The number of aryl methyl sites for hydroxylation is 1. The molecule has 1 N–H and O–H groups in total. The molecule has 102 valence electrons. The van der Waals surface area contributed by atoms with Crippen molar-refractivity contribution in [1.82, 2.24) is 15.2 Å². The fourth-order valence-electron chi connectivity index (χ4n) is 2.73. The van der Waals surface area contributed by atoms with E-state index >= 15 is 0 Å². The van der Waals surface area contributed by atoms with E-state index in [1.54, 1.807) is 11.3 Å². The quantitative estimate of drug-likeness (QED) is 0.889. The summed E-state index contributed by atoms with van der Waals surface area (Å²) in [5.74, 6) is 0. The monoisotopic (exact) mass is 267 g/mol. The molecule has 18 heavy (non-hydrogen) atoms. The van der Waals surface area contributed by atoms with Gasteiger partial charge in [-0.1, -0.05) is 0 Å². The number of rotatable bonds is 5. The van der Waals surface area contributed by atoms with Crippen LogP contribution in [0.15, 0.2) is 5.38 Å². The van der Waals surface area contributed by atoms with Crippen molar-refractivity contribution in [3.05, 3.63) is 16.1 Å². The van der Waals surface area contributed by atoms with Gasteiger partial charge in [-0.3, -0.25) is 4.90 Å². The summed E-state index contributed by atoms with van der Waals surface area (Å²) in [7, 11) is 0. The van der Waals surface area contributed by atoms with Gasteiger partial charge in [-0.2, -0.15) is 0 Å². The van der Waals surface area contributed by atoms with E-state index in [-0.39, 0.29) is 0 Å². The highest BCUT2D eigenvalue weighted by Crippen LogP contribution is 2.25. The van der Waals surface area contributed by atoms with Crippen molar-refractivity contribution in [1.29, 1.82) is 0 Å². The Kier molecular flexibility index (Phi) is 4.76. The summed E-state index contributed by atoms with van der Waals surface area (Å²) in [5, 5.41) is 6.97. The standard InChI is InChI=1S/C14H25N3S/c1-10(2)17(8-13-6-5-7-15-13)11(3)14-9-18-12(4)16-14/h9-11,13,15H,5-8H2,1-4H3. The number of nitrogens with zero attached hydrogens (tertiary/aromatic N) is 2. The first-order valence-electron chi connectivity index (χ1n) is 6.99. The van der Waals surface area contributed by atoms with Gasteiger partial charge in [-0.05, 0) is 47.1 Å². The van der Waals surface area contributed by atoms with Crippen LogP contribution in [0, 0.1) is 6.92 Å². The molecule has 1 aliphatic rings. The lowest BCUT2D eigenvalue weighted by molar-refractivity contribution is 0.147. The molecule has 1 aliphatic heterocycles. The fraction of sp³-hybridized carbons (Fsp3) is 0.786. The Morgan fingerprint density at radius 3 is 2.78 bits per heavy atom. The largest absolute Gasteiger partial charge is 0.313 e. The zero-order chi connectivity index (χ0) is 13.1. The minimum atomic E-state index is 0.414. The molecule has 1 fully saturated rings. The Labute approximate surface area is 115 Å². The molecule has 0 aliphatic carbocycles. The first kappa shape index (κ1) is 14.0. The van der Waals surface area contributed by atoms with Gasteiger partial charge in [-0.15, -0.1) is 11.3 Å². The second kappa shape index (κ2) is 6.13. The van der Waals surface area contributed by atoms with Crippen molar-refractivity contribution < 1.29 is 0 Å². The van der Waals surface area contributed by atoms with Crippen LogP contribution in [0.3, 0.4) is 0 Å². The van der Waals surface area contributed by atoms with Crippen LogP contribution in [0.4, 0.5) is 0 Å². The smallest absolute Gasteiger partial charge is 0.0898 e. The van der Waals surface area contributed by atoms with Crippen LogP contribution < -0.4 is 5.32 Å². The van der Waals surface area contributed by atoms with Crippen molar-refractivity contribution in [3.63, 3.8) is 0 Å². The number of hydrogen-bond acceptors (Lipinski definition) is 4. The summed E-state index contributed by atoms with van der Waals surface area (Å²) < 4.78 is 0. The molecule has 0 radical (unpaired) electrons. The lowest BCUT2D eigenvalue weighted by Crippen LogP contribution is -2.42. The van der Waals surface area contributed by atoms with Gasteiger partial charge in [0.15, 0.2) is 0 Å². The van der Waals surface area contributed by atoms with Gasteiger partial charge < -0.3 is 5.32 Å². The summed E-state index contributed by atoms with van der Waals surface area (Å²) in [6.07, 6.45) is 2.63. The maximum Gasteiger partial charge on any atom is 0.0898 e. The van der Waals surface area contributed by atoms with Gasteiger partial charge in [0.2, 0.25) is 0 Å². The van der Waals surface area contributed by atoms with E-state index in [4.69, 9.17) is 0 Å². The summed E-state index contributed by atoms with van der Waals surface area (Å²) in [5.41, 5.74) is 1.23. The van der Waals surface area contributed by atoms with E-state index in [1.807, 2.05) is 0 Å². The zero-order valence-electron chi connectivity index (χ0n) is 11.9. The summed E-state index contributed by atoms with van der Waals surface area (Å²) in [6, 6.07) is 1.64. The van der Waals surface area contributed by atoms with Crippen molar-refractivity contribution in [2.24, 2.45) is 0 Å². The Morgan fingerprint density at radius 1 is 1.50 bits per heavy atom. The maximum absolute atomic E-state index is 4.64. The molecular formula is C14H25N3S. The highest BCUT2D eigenvalue weighted by atomic mass is 32.1. The highest BCUT2D eigenvalue weighted by Gasteiger charge is 2.25. The highest BCUT2D eigenvalue weighted by molar-refractivity contribution is 7.09. The Balaban J connectivity index is 2.04. The summed E-state index contributed by atoms with van der Waals surface area (Å²) in [6.45, 7) is 11.2. The minimum absolute atomic E-state index is 0.414. The third-order valence-electron chi connectivity index (χ3n) is 3.82. The molecule has 1 saturated heterocycles. The number of aromatic nitrogens is 1. The Bertz CT molecular complexity index is 369. The molecule has 2 heterocycles. The number of nitrogens with one attached hydrogen (secondary N) is 1. The number of thiazole rings is 1. The van der Waals surface area contributed by atoms with E-state index in [9.17, 15) is 0 Å². The van der Waals surface area contributed by atoms with Crippen molar-refractivity contribution in [2.45, 2.75) is 58.7 Å². The van der Waals surface area contributed by atoms with Gasteiger partial charge in [0, 0.05) is 24.0 Å². The molecule has 4 heteroatoms. The second-order valence-electron chi connectivity index (χ2n) is 5.55. The zero-order valence-corrected chi connectivity index (χ0v) is 12.8. The van der Waals surface area contributed by atoms with Gasteiger partial charge in [0.1, 0.15) is 0 Å². The van der Waals surface area contributed by atoms with Crippen molar-refractivity contribution >= 4 is 11.3 Å². The topological polar surface area (TPSA) is 28.2 Å². The fourth-order valence-corrected chi connectivity index (χ4v) is 3.42. The SMILES string of the molecule is Cc1nc(C(C)N(CC2CCCN2)C(C)C)cs1. The van der Waals surface area contributed by atoms with Crippen molar-refractivity contribution in [2.75, 3.05) is 13.1 Å². The van der Waals surface area contributed by atoms with E-state index < -0.39 is 0 Å². The van der Waals surface area contributed by atoms with Crippen molar-refractivity contribution in [3.8, 4) is 0 Å². The van der Waals surface area contributed by atoms with Crippen LogP contribution in [0.5, 0.6) is 0 Å². The van der Waals surface area contributed by atoms with E-state index in [1.165, 1.54) is 30.1 Å². The summed E-state index contributed by atoms with van der Waals surface area (Å²) in [4.78, 5) is 7.21. The van der Waals surface area contributed by atoms with Gasteiger partial charge in [0.25, 0.3) is 0 Å². The molecule has 2 rings (SSSR count). The lowest BCUT2D eigenvalue weighted by atomic mass is 10.1.